The molecule has 1 heterocycles. The number of aromatic nitrogens is 1. The van der Waals surface area contributed by atoms with E-state index >= 15 is 0 Å². The van der Waals surface area contributed by atoms with Crippen LogP contribution >= 0.6 is 11.3 Å². The second-order valence-corrected chi connectivity index (χ2v) is 7.73. The fourth-order valence-electron chi connectivity index (χ4n) is 2.90. The molecule has 0 amide bonds. The minimum absolute atomic E-state index is 0.0308. The lowest BCUT2D eigenvalue weighted by molar-refractivity contribution is -0.143. The summed E-state index contributed by atoms with van der Waals surface area (Å²) in [5.41, 5.74) is 0.905. The minimum atomic E-state index is -4.55. The molecule has 0 radical (unpaired) electrons. The van der Waals surface area contributed by atoms with Gasteiger partial charge in [0.1, 0.15) is 11.9 Å². The summed E-state index contributed by atoms with van der Waals surface area (Å²) in [5.74, 6) is 0.0202. The number of methoxy groups -OCH3 is 1. The number of benzene rings is 1. The average molecular weight is 462 g/mol. The number of carbonyl (C=O) groups excluding carboxylic acids is 1. The van der Waals surface area contributed by atoms with Gasteiger partial charge in [-0.1, -0.05) is 12.1 Å². The molecular formula is C20H25F3N2O5S. The summed E-state index contributed by atoms with van der Waals surface area (Å²) >= 11 is 0.440. The van der Waals surface area contributed by atoms with Gasteiger partial charge in [-0.15, -0.1) is 11.3 Å². The maximum absolute atomic E-state index is 12.7. The first kappa shape index (κ1) is 25.1. The fourth-order valence-corrected chi connectivity index (χ4v) is 3.63. The van der Waals surface area contributed by atoms with Crippen LogP contribution < -0.4 is 4.74 Å². The Morgan fingerprint density at radius 1 is 1.29 bits per heavy atom. The molecule has 0 aliphatic carbocycles. The maximum atomic E-state index is 12.7. The third kappa shape index (κ3) is 7.76. The Bertz CT molecular complexity index is 829. The highest BCUT2D eigenvalue weighted by molar-refractivity contribution is 7.09. The van der Waals surface area contributed by atoms with Crippen molar-refractivity contribution < 1.29 is 37.7 Å². The number of aliphatic hydroxyl groups is 2. The molecule has 1 aromatic carbocycles. The van der Waals surface area contributed by atoms with Crippen LogP contribution in [0.2, 0.25) is 0 Å². The Kier molecular flexibility index (Phi) is 9.23. The fraction of sp³-hybridized carbons (Fsp3) is 0.500. The zero-order valence-corrected chi connectivity index (χ0v) is 17.9. The monoisotopic (exact) mass is 462 g/mol. The summed E-state index contributed by atoms with van der Waals surface area (Å²) in [6.07, 6.45) is -5.20. The highest BCUT2D eigenvalue weighted by Gasteiger charge is 2.35. The first-order chi connectivity index (χ1) is 14.6. The van der Waals surface area contributed by atoms with Crippen molar-refractivity contribution in [3.63, 3.8) is 0 Å². The van der Waals surface area contributed by atoms with Crippen LogP contribution in [0.15, 0.2) is 29.6 Å². The average Bonchev–Trinajstić information content (AvgIpc) is 3.23. The van der Waals surface area contributed by atoms with Crippen LogP contribution in [-0.4, -0.2) is 65.5 Å². The summed E-state index contributed by atoms with van der Waals surface area (Å²) in [4.78, 5) is 16.4. The maximum Gasteiger partial charge on any atom is 0.443 e. The Morgan fingerprint density at radius 2 is 1.97 bits per heavy atom. The minimum Gasteiger partial charge on any atom is -0.482 e. The van der Waals surface area contributed by atoms with Crippen molar-refractivity contribution in [1.29, 1.82) is 0 Å². The van der Waals surface area contributed by atoms with Gasteiger partial charge in [-0.05, 0) is 31.0 Å². The molecule has 0 saturated heterocycles. The van der Waals surface area contributed by atoms with Crippen molar-refractivity contribution in [3.8, 4) is 5.75 Å². The van der Waals surface area contributed by atoms with Gasteiger partial charge in [-0.25, -0.2) is 9.78 Å². The first-order valence-corrected chi connectivity index (χ1v) is 10.4. The molecule has 31 heavy (non-hydrogen) atoms. The van der Waals surface area contributed by atoms with Crippen molar-refractivity contribution in [2.75, 3.05) is 33.4 Å². The van der Waals surface area contributed by atoms with Crippen molar-refractivity contribution >= 4 is 17.3 Å². The van der Waals surface area contributed by atoms with Crippen LogP contribution in [0.4, 0.5) is 13.2 Å². The number of hydrogen-bond donors (Lipinski definition) is 2. The standard InChI is InChI=1S/C20H25F3N2O5S/c1-13(9-14-3-5-15(6-4-14)30-11-18(28)29-2)25(7-8-26)10-17(27)16-12-31-19(24-16)20(21,22)23/h3-6,12-13,17,26-27H,7-11H2,1-2H3. The Balaban J connectivity index is 1.97. The third-order valence-electron chi connectivity index (χ3n) is 4.56. The Labute approximate surface area is 182 Å². The molecule has 2 unspecified atom stereocenters. The molecule has 0 aliphatic heterocycles. The molecule has 2 atom stereocenters. The quantitative estimate of drug-likeness (QED) is 0.496. The van der Waals surface area contributed by atoms with E-state index in [4.69, 9.17) is 4.74 Å². The molecule has 0 spiro atoms. The van der Waals surface area contributed by atoms with Crippen LogP contribution in [0.3, 0.4) is 0 Å². The predicted octanol–water partition coefficient (Wildman–Crippen LogP) is 2.67. The zero-order valence-electron chi connectivity index (χ0n) is 17.1. The van der Waals surface area contributed by atoms with Crippen LogP contribution in [0.1, 0.15) is 29.3 Å². The van der Waals surface area contributed by atoms with E-state index in [0.29, 0.717) is 23.5 Å². The largest absolute Gasteiger partial charge is 0.482 e. The van der Waals surface area contributed by atoms with E-state index in [1.54, 1.807) is 17.0 Å². The molecular weight excluding hydrogens is 437 g/mol. The van der Waals surface area contributed by atoms with Gasteiger partial charge >= 0.3 is 12.1 Å². The van der Waals surface area contributed by atoms with E-state index in [-0.39, 0.29) is 38.0 Å². The van der Waals surface area contributed by atoms with E-state index in [0.717, 1.165) is 5.56 Å². The Hall–Kier alpha value is -2.21. The molecule has 11 heteroatoms. The molecule has 0 bridgehead atoms. The first-order valence-electron chi connectivity index (χ1n) is 9.48. The number of esters is 1. The topological polar surface area (TPSA) is 92.1 Å². The number of rotatable bonds is 11. The summed E-state index contributed by atoms with van der Waals surface area (Å²) in [7, 11) is 1.27. The second-order valence-electron chi connectivity index (χ2n) is 6.87. The van der Waals surface area contributed by atoms with Gasteiger partial charge in [0.25, 0.3) is 0 Å². The van der Waals surface area contributed by atoms with Gasteiger partial charge < -0.3 is 19.7 Å². The lowest BCUT2D eigenvalue weighted by atomic mass is 10.0. The number of alkyl halides is 3. The number of hydrogen-bond acceptors (Lipinski definition) is 8. The number of halogens is 3. The van der Waals surface area contributed by atoms with Gasteiger partial charge in [0, 0.05) is 24.5 Å². The molecule has 7 nitrogen and oxygen atoms in total. The van der Waals surface area contributed by atoms with Crippen LogP contribution in [-0.2, 0) is 22.1 Å². The van der Waals surface area contributed by atoms with E-state index in [9.17, 15) is 28.2 Å². The summed E-state index contributed by atoms with van der Waals surface area (Å²) in [6, 6.07) is 6.96. The molecule has 0 fully saturated rings. The number of nitrogens with zero attached hydrogens (tertiary/aromatic N) is 2. The van der Waals surface area contributed by atoms with Gasteiger partial charge in [0.2, 0.25) is 0 Å². The summed E-state index contributed by atoms with van der Waals surface area (Å²) < 4.78 is 48.0. The third-order valence-corrected chi connectivity index (χ3v) is 5.47. The van der Waals surface area contributed by atoms with Gasteiger partial charge in [-0.2, -0.15) is 13.2 Å². The van der Waals surface area contributed by atoms with Crippen molar-refractivity contribution in [3.05, 3.63) is 45.9 Å². The lowest BCUT2D eigenvalue weighted by Gasteiger charge is -2.30. The summed E-state index contributed by atoms with van der Waals surface area (Å²) in [6.45, 7) is 1.81. The number of carbonyl (C=O) groups is 1. The van der Waals surface area contributed by atoms with Gasteiger partial charge in [0.15, 0.2) is 11.6 Å². The molecule has 2 N–H and O–H groups in total. The molecule has 172 valence electrons. The highest BCUT2D eigenvalue weighted by atomic mass is 32.1. The number of aliphatic hydroxyl groups excluding tert-OH is 2. The smallest absolute Gasteiger partial charge is 0.443 e. The second kappa shape index (κ2) is 11.4. The molecule has 0 saturated carbocycles. The van der Waals surface area contributed by atoms with Crippen LogP contribution in [0, 0.1) is 0 Å². The molecule has 2 rings (SSSR count). The SMILES string of the molecule is COC(=O)COc1ccc(CC(C)N(CCO)CC(O)c2csc(C(F)(F)F)n2)cc1. The van der Waals surface area contributed by atoms with Crippen LogP contribution in [0.25, 0.3) is 0 Å². The number of ether oxygens (including phenoxy) is 2. The number of thiazole rings is 1. The van der Waals surface area contributed by atoms with E-state index in [2.05, 4.69) is 9.72 Å². The van der Waals surface area contributed by atoms with Crippen molar-refractivity contribution in [2.24, 2.45) is 0 Å². The Morgan fingerprint density at radius 3 is 2.52 bits per heavy atom. The highest BCUT2D eigenvalue weighted by Crippen LogP contribution is 2.33. The van der Waals surface area contributed by atoms with E-state index in [1.807, 2.05) is 19.1 Å². The van der Waals surface area contributed by atoms with Crippen LogP contribution in [0.5, 0.6) is 5.75 Å². The van der Waals surface area contributed by atoms with Crippen molar-refractivity contribution in [1.82, 2.24) is 9.88 Å². The van der Waals surface area contributed by atoms with E-state index in [1.165, 1.54) is 12.5 Å². The van der Waals surface area contributed by atoms with Crippen molar-refractivity contribution in [2.45, 2.75) is 31.7 Å². The van der Waals surface area contributed by atoms with Gasteiger partial charge in [-0.3, -0.25) is 4.90 Å². The molecule has 2 aromatic rings. The zero-order chi connectivity index (χ0) is 23.0. The predicted molar refractivity (Wildman–Crippen MR) is 108 cm³/mol. The van der Waals surface area contributed by atoms with Gasteiger partial charge in [0.05, 0.1) is 19.4 Å². The molecule has 1 aromatic heterocycles. The van der Waals surface area contributed by atoms with E-state index < -0.39 is 23.3 Å². The lowest BCUT2D eigenvalue weighted by Crippen LogP contribution is -2.39. The molecule has 0 aliphatic rings. The summed E-state index contributed by atoms with van der Waals surface area (Å²) in [5, 5.41) is 19.9. The normalized spacial score (nSPS) is 13.8.